The maximum Gasteiger partial charge on any atom is 0.294 e. The SMILES string of the molecule is C[N+]1=C(/C=C/C=C2/N(CCCCCC(=O)NCCCN=C(N)Nc3ccc4[nH]c5c(c4c3)C[C@@]3(O)[C@H]4Cc6ccc(O)c7c6[C@@]3(CCN4CC3CC3)[C@H]5O7)c3ccc(S(=O)(=O)[O-])cc3C2(C)C)C(C)(C)c2cc(S(=O)(=O)O)ccc21. The van der Waals surface area contributed by atoms with Gasteiger partial charge in [-0.2, -0.15) is 13.0 Å². The summed E-state index contributed by atoms with van der Waals surface area (Å²) in [4.78, 5) is 25.4. The third-order valence-corrected chi connectivity index (χ3v) is 20.3. The molecule has 5 aromatic rings. The predicted octanol–water partition coefficient (Wildman–Crippen LogP) is 7.46. The number of amides is 1. The Labute approximate surface area is 467 Å². The van der Waals surface area contributed by atoms with Gasteiger partial charge < -0.3 is 45.8 Å². The number of hydrogen-bond acceptors (Lipinski definition) is 12. The highest BCUT2D eigenvalue weighted by Crippen LogP contribution is 2.69. The second-order valence-corrected chi connectivity index (χ2v) is 27.0. The third kappa shape index (κ3) is 8.83. The lowest BCUT2D eigenvalue weighted by atomic mass is 9.49. The van der Waals surface area contributed by atoms with Crippen LogP contribution in [0.3, 0.4) is 0 Å². The molecule has 8 N–H and O–H groups in total. The van der Waals surface area contributed by atoms with E-state index in [1.165, 1.54) is 37.1 Å². The fourth-order valence-corrected chi connectivity index (χ4v) is 15.5. The lowest BCUT2D eigenvalue weighted by molar-refractivity contribution is -0.401. The van der Waals surface area contributed by atoms with Crippen molar-refractivity contribution in [2.75, 3.05) is 50.0 Å². The molecule has 20 heteroatoms. The first-order chi connectivity index (χ1) is 37.9. The van der Waals surface area contributed by atoms with Gasteiger partial charge in [0.05, 0.1) is 31.9 Å². The minimum Gasteiger partial charge on any atom is -0.744 e. The van der Waals surface area contributed by atoms with E-state index >= 15 is 0 Å². The molecule has 1 amide bonds. The Bertz CT molecular complexity index is 3790. The van der Waals surface area contributed by atoms with Crippen molar-refractivity contribution < 1.29 is 50.3 Å². The van der Waals surface area contributed by atoms with Crippen LogP contribution in [-0.4, -0.2) is 120 Å². The minimum atomic E-state index is -4.71. The summed E-state index contributed by atoms with van der Waals surface area (Å²) in [5.74, 6) is 1.49. The number of aliphatic hydroxyl groups is 1. The zero-order chi connectivity index (χ0) is 56.5. The summed E-state index contributed by atoms with van der Waals surface area (Å²) in [7, 11) is -7.21. The number of phenolic OH excluding ortho intramolecular Hbond substituents is 1. The minimum absolute atomic E-state index is 0.0613. The van der Waals surface area contributed by atoms with Gasteiger partial charge in [-0.05, 0) is 149 Å². The van der Waals surface area contributed by atoms with E-state index in [0.29, 0.717) is 69.0 Å². The summed E-state index contributed by atoms with van der Waals surface area (Å²) in [6, 6.07) is 18.8. The van der Waals surface area contributed by atoms with Gasteiger partial charge >= 0.3 is 0 Å². The van der Waals surface area contributed by atoms with Crippen molar-refractivity contribution in [3.8, 4) is 11.5 Å². The van der Waals surface area contributed by atoms with Crippen LogP contribution in [0.15, 0.2) is 105 Å². The molecule has 4 aromatic carbocycles. The van der Waals surface area contributed by atoms with Crippen molar-refractivity contribution in [2.45, 2.75) is 136 Å². The number of aromatic nitrogens is 1. The van der Waals surface area contributed by atoms with Gasteiger partial charge in [0.25, 0.3) is 10.1 Å². The average Bonchev–Trinajstić information content (AvgIpc) is 1.51. The fraction of sp³-hybridized carbons (Fsp3) is 0.450. The number of aliphatic imine (C=N–C) groups is 1. The molecule has 2 bridgehead atoms. The van der Waals surface area contributed by atoms with Crippen LogP contribution in [0.25, 0.3) is 10.9 Å². The van der Waals surface area contributed by atoms with Gasteiger partial charge in [0.1, 0.15) is 17.2 Å². The van der Waals surface area contributed by atoms with Crippen LogP contribution in [0.5, 0.6) is 11.5 Å². The van der Waals surface area contributed by atoms with Gasteiger partial charge in [-0.15, -0.1) is 0 Å². The number of nitrogens with two attached hydrogens (primary N) is 1. The summed E-state index contributed by atoms with van der Waals surface area (Å²) in [6.45, 7) is 11.2. The van der Waals surface area contributed by atoms with E-state index in [2.05, 4.69) is 30.4 Å². The van der Waals surface area contributed by atoms with Crippen molar-refractivity contribution >= 4 is 65.8 Å². The highest BCUT2D eigenvalue weighted by molar-refractivity contribution is 7.86. The number of hydrogen-bond donors (Lipinski definition) is 7. The largest absolute Gasteiger partial charge is 0.744 e. The van der Waals surface area contributed by atoms with Crippen LogP contribution in [0.4, 0.5) is 17.1 Å². The number of nitrogens with one attached hydrogen (secondary N) is 3. The molecule has 422 valence electrons. The monoisotopic (exact) mass is 1130 g/mol. The third-order valence-electron chi connectivity index (χ3n) is 18.6. The Kier molecular flexibility index (Phi) is 13.0. The Morgan fingerprint density at radius 2 is 1.75 bits per heavy atom. The van der Waals surface area contributed by atoms with Gasteiger partial charge in [-0.3, -0.25) is 19.2 Å². The van der Waals surface area contributed by atoms with Gasteiger partial charge in [0, 0.05) is 102 Å². The van der Waals surface area contributed by atoms with Crippen molar-refractivity contribution in [3.05, 3.63) is 124 Å². The van der Waals surface area contributed by atoms with Crippen molar-refractivity contribution in [1.82, 2.24) is 15.2 Å². The smallest absolute Gasteiger partial charge is 0.294 e. The number of likely N-dealkylation sites (tertiary alicyclic amines) is 1. The molecule has 80 heavy (non-hydrogen) atoms. The number of H-pyrrole nitrogens is 1. The van der Waals surface area contributed by atoms with E-state index in [9.17, 15) is 40.9 Å². The van der Waals surface area contributed by atoms with Crippen molar-refractivity contribution in [3.63, 3.8) is 0 Å². The molecular weight excluding hydrogens is 1060 g/mol. The summed E-state index contributed by atoms with van der Waals surface area (Å²) < 4.78 is 78.9. The second-order valence-electron chi connectivity index (χ2n) is 24.2. The van der Waals surface area contributed by atoms with Gasteiger partial charge in [0.15, 0.2) is 29.3 Å². The molecule has 18 nitrogen and oxygen atoms in total. The van der Waals surface area contributed by atoms with Crippen LogP contribution in [0.1, 0.15) is 119 Å². The standard InChI is InChI=1S/C60H70N8O10S2/c1-57(2)42-31-38(79(72,73)74)18-21-45(42)66(5)48(57)11-9-12-49-58(3,4)43-32-39(80(75,76)77)19-22-46(43)68(49)27-8-6-7-13-51(70)62-25-10-26-63-56(61)64-37-17-20-44-40(30-37)41-33-60(71)50-29-36-16-23-47(69)54-52(36)59(60,55(78-54)53(41)65-44)24-28-67(50)34-35-14-15-35/h9,11-12,16-23,30-32,35,50,55,65,71H,6-8,10,13-15,24-29,33-34H2,1-5H3,(H6-,61,62,63,64,69,70,72,73,74,75,76,77)/t50-,55+,59+,60-/m1/s1. The number of aromatic amines is 1. The quantitative estimate of drug-likeness (QED) is 0.0157. The number of rotatable bonds is 17. The maximum absolute atomic E-state index is 13.3. The number of benzene rings is 4. The number of anilines is 2. The average molecular weight is 1130 g/mol. The topological polar surface area (TPSA) is 266 Å². The number of ether oxygens (including phenoxy) is 1. The highest BCUT2D eigenvalue weighted by atomic mass is 32.2. The highest BCUT2D eigenvalue weighted by Gasteiger charge is 2.73. The summed E-state index contributed by atoms with van der Waals surface area (Å²) in [6.07, 6.45) is 12.8. The number of unbranched alkanes of at least 4 members (excludes halogenated alkanes) is 2. The lowest BCUT2D eigenvalue weighted by Crippen LogP contribution is -2.74. The first-order valence-electron chi connectivity index (χ1n) is 27.9. The van der Waals surface area contributed by atoms with E-state index in [0.717, 1.165) is 99.7 Å². The molecule has 5 heterocycles. The second kappa shape index (κ2) is 19.3. The zero-order valence-corrected chi connectivity index (χ0v) is 47.4. The first kappa shape index (κ1) is 54.1. The van der Waals surface area contributed by atoms with Crippen molar-refractivity contribution in [1.29, 1.82) is 0 Å². The molecule has 4 aliphatic heterocycles. The number of carbonyl (C=O) groups is 1. The summed E-state index contributed by atoms with van der Waals surface area (Å²) in [5, 5.41) is 31.6. The fourth-order valence-electron chi connectivity index (χ4n) is 14.5. The molecule has 4 atom stereocenters. The number of fused-ring (bicyclic) bond motifs is 6. The van der Waals surface area contributed by atoms with Crippen LogP contribution < -0.4 is 26.0 Å². The van der Waals surface area contributed by atoms with Crippen LogP contribution in [0, 0.1) is 5.92 Å². The number of phenols is 1. The lowest BCUT2D eigenvalue weighted by Gasteiger charge is -2.62. The van der Waals surface area contributed by atoms with Crippen LogP contribution >= 0.6 is 0 Å². The number of aromatic hydroxyl groups is 1. The molecule has 12 rings (SSSR count). The Hall–Kier alpha value is -6.55. The summed E-state index contributed by atoms with van der Waals surface area (Å²) in [5.41, 5.74) is 14.0. The van der Waals surface area contributed by atoms with E-state index in [-0.39, 0.29) is 33.4 Å². The zero-order valence-electron chi connectivity index (χ0n) is 45.8. The van der Waals surface area contributed by atoms with Crippen LogP contribution in [-0.2, 0) is 54.1 Å². The van der Waals surface area contributed by atoms with Gasteiger partial charge in [0.2, 0.25) is 11.6 Å². The molecule has 1 spiro atoms. The summed E-state index contributed by atoms with van der Waals surface area (Å²) >= 11 is 0. The predicted molar refractivity (Wildman–Crippen MR) is 305 cm³/mol. The van der Waals surface area contributed by atoms with Gasteiger partial charge in [-0.25, -0.2) is 8.42 Å². The maximum atomic E-state index is 13.3. The normalized spacial score (nSPS) is 24.8. The molecule has 7 aliphatic rings. The van der Waals surface area contributed by atoms with E-state index in [4.69, 9.17) is 10.5 Å². The Morgan fingerprint density at radius 1 is 0.975 bits per heavy atom. The molecular formula is C60H70N8O10S2. The van der Waals surface area contributed by atoms with Crippen molar-refractivity contribution in [2.24, 2.45) is 16.6 Å². The number of guanidine groups is 1. The molecule has 1 aromatic heterocycles. The Balaban J connectivity index is 0.650. The molecule has 1 saturated heterocycles. The molecule has 0 unspecified atom stereocenters. The Morgan fingerprint density at radius 3 is 2.51 bits per heavy atom. The number of carbonyl (C=O) groups excluding carboxylic acids is 1. The number of piperidine rings is 1. The van der Waals surface area contributed by atoms with E-state index in [1.54, 1.807) is 18.2 Å². The molecule has 3 aliphatic carbocycles. The molecule has 1 saturated carbocycles. The molecule has 0 radical (unpaired) electrons. The van der Waals surface area contributed by atoms with Crippen LogP contribution in [0.2, 0.25) is 0 Å². The van der Waals surface area contributed by atoms with Gasteiger partial charge in [-0.1, -0.05) is 32.4 Å². The van der Waals surface area contributed by atoms with E-state index in [1.807, 2.05) is 81.8 Å². The number of nitrogens with zero attached hydrogens (tertiary/aromatic N) is 4. The first-order valence-corrected chi connectivity index (χ1v) is 30.7. The molecule has 2 fully saturated rings. The number of allylic oxidation sites excluding steroid dienone is 4. The van der Waals surface area contributed by atoms with E-state index < -0.39 is 48.2 Å².